The van der Waals surface area contributed by atoms with Gasteiger partial charge in [0.25, 0.3) is 0 Å². The van der Waals surface area contributed by atoms with Crippen molar-refractivity contribution in [2.45, 2.75) is 38.9 Å². The lowest BCUT2D eigenvalue weighted by Crippen LogP contribution is -2.18. The van der Waals surface area contributed by atoms with E-state index in [2.05, 4.69) is 49.7 Å². The molecule has 86 valence electrons. The summed E-state index contributed by atoms with van der Waals surface area (Å²) in [5.74, 6) is 0.683. The molecule has 15 heavy (non-hydrogen) atoms. The van der Waals surface area contributed by atoms with Crippen LogP contribution in [0.1, 0.15) is 43.8 Å². The van der Waals surface area contributed by atoms with Crippen molar-refractivity contribution in [3.05, 3.63) is 21.3 Å². The third kappa shape index (κ3) is 4.08. The van der Waals surface area contributed by atoms with Gasteiger partial charge in [-0.1, -0.05) is 55.2 Å². The molecule has 0 saturated carbocycles. The maximum absolute atomic E-state index is 5.93. The first-order valence-corrected chi connectivity index (χ1v) is 7.31. The molecule has 1 aromatic heterocycles. The Morgan fingerprint density at radius 3 is 2.40 bits per heavy atom. The lowest BCUT2D eigenvalue weighted by molar-refractivity contribution is 0.247. The number of rotatable bonds is 3. The van der Waals surface area contributed by atoms with Crippen LogP contribution in [-0.4, -0.2) is 0 Å². The second-order valence-corrected chi connectivity index (χ2v) is 7.96. The van der Waals surface area contributed by atoms with E-state index in [1.165, 1.54) is 4.88 Å². The first kappa shape index (κ1) is 13.5. The summed E-state index contributed by atoms with van der Waals surface area (Å²) >= 11 is 11.3. The molecule has 0 spiro atoms. The van der Waals surface area contributed by atoms with Crippen molar-refractivity contribution in [2.24, 2.45) is 11.3 Å². The van der Waals surface area contributed by atoms with Gasteiger partial charge in [-0.25, -0.2) is 0 Å². The highest BCUT2D eigenvalue weighted by Crippen LogP contribution is 2.40. The highest BCUT2D eigenvalue weighted by molar-refractivity contribution is 9.09. The molecular formula is C12H18BrClS. The highest BCUT2D eigenvalue weighted by atomic mass is 79.9. The summed E-state index contributed by atoms with van der Waals surface area (Å²) in [6.07, 6.45) is 1.15. The van der Waals surface area contributed by atoms with E-state index in [1.807, 2.05) is 6.07 Å². The Labute approximate surface area is 110 Å². The summed E-state index contributed by atoms with van der Waals surface area (Å²) in [4.78, 5) is 1.76. The van der Waals surface area contributed by atoms with Crippen LogP contribution in [0.25, 0.3) is 0 Å². The van der Waals surface area contributed by atoms with E-state index in [0.29, 0.717) is 16.2 Å². The minimum Gasteiger partial charge on any atom is -0.127 e. The highest BCUT2D eigenvalue weighted by Gasteiger charge is 2.23. The van der Waals surface area contributed by atoms with Crippen LogP contribution in [0.4, 0.5) is 0 Å². The Morgan fingerprint density at radius 1 is 1.40 bits per heavy atom. The van der Waals surface area contributed by atoms with Crippen LogP contribution < -0.4 is 0 Å². The Balaban J connectivity index is 2.60. The molecule has 0 radical (unpaired) electrons. The van der Waals surface area contributed by atoms with Crippen molar-refractivity contribution < 1.29 is 0 Å². The summed E-state index contributed by atoms with van der Waals surface area (Å²) in [6, 6.07) is 4.08. The monoisotopic (exact) mass is 308 g/mol. The lowest BCUT2D eigenvalue weighted by atomic mass is 9.79. The molecule has 3 heteroatoms. The fourth-order valence-corrected chi connectivity index (χ4v) is 3.32. The Bertz CT molecular complexity index is 314. The number of halogens is 2. The van der Waals surface area contributed by atoms with Crippen LogP contribution in [0.2, 0.25) is 4.34 Å². The van der Waals surface area contributed by atoms with Crippen molar-refractivity contribution in [1.82, 2.24) is 0 Å². The van der Waals surface area contributed by atoms with Crippen LogP contribution in [0.5, 0.6) is 0 Å². The Morgan fingerprint density at radius 2 is 2.00 bits per heavy atom. The van der Waals surface area contributed by atoms with Crippen molar-refractivity contribution in [3.63, 3.8) is 0 Å². The van der Waals surface area contributed by atoms with Gasteiger partial charge in [0, 0.05) is 9.70 Å². The van der Waals surface area contributed by atoms with E-state index in [1.54, 1.807) is 11.3 Å². The molecule has 0 aliphatic rings. The van der Waals surface area contributed by atoms with E-state index in [4.69, 9.17) is 11.6 Å². The van der Waals surface area contributed by atoms with Gasteiger partial charge in [-0.15, -0.1) is 11.3 Å². The second kappa shape index (κ2) is 5.20. The Hall–Kier alpha value is 0.470. The number of hydrogen-bond donors (Lipinski definition) is 0. The molecule has 0 bridgehead atoms. The largest absolute Gasteiger partial charge is 0.127 e. The average Bonchev–Trinajstić information content (AvgIpc) is 2.50. The summed E-state index contributed by atoms with van der Waals surface area (Å²) < 4.78 is 0.873. The minimum atomic E-state index is 0.368. The van der Waals surface area contributed by atoms with E-state index in [9.17, 15) is 0 Å². The van der Waals surface area contributed by atoms with Crippen LogP contribution in [0, 0.1) is 11.3 Å². The Kier molecular flexibility index (Phi) is 4.69. The average molecular weight is 310 g/mol. The molecule has 0 aliphatic carbocycles. The molecule has 2 atom stereocenters. The number of hydrogen-bond acceptors (Lipinski definition) is 1. The minimum absolute atomic E-state index is 0.368. The van der Waals surface area contributed by atoms with E-state index in [0.717, 1.165) is 10.8 Å². The third-order valence-corrected chi connectivity index (χ3v) is 5.46. The van der Waals surface area contributed by atoms with Gasteiger partial charge in [-0.3, -0.25) is 0 Å². The molecular weight excluding hydrogens is 292 g/mol. The zero-order chi connectivity index (χ0) is 11.6. The van der Waals surface area contributed by atoms with Crippen molar-refractivity contribution in [3.8, 4) is 0 Å². The molecule has 1 rings (SSSR count). The van der Waals surface area contributed by atoms with Gasteiger partial charge in [0.15, 0.2) is 0 Å². The van der Waals surface area contributed by atoms with Gasteiger partial charge >= 0.3 is 0 Å². The van der Waals surface area contributed by atoms with Gasteiger partial charge < -0.3 is 0 Å². The summed E-state index contributed by atoms with van der Waals surface area (Å²) in [7, 11) is 0. The molecule has 0 nitrogen and oxygen atoms in total. The second-order valence-electron chi connectivity index (χ2n) is 5.11. The first-order chi connectivity index (χ1) is 6.80. The van der Waals surface area contributed by atoms with Crippen molar-refractivity contribution in [1.29, 1.82) is 0 Å². The van der Waals surface area contributed by atoms with Gasteiger partial charge in [0.1, 0.15) is 0 Å². The molecule has 1 aromatic rings. The van der Waals surface area contributed by atoms with Crippen LogP contribution in [-0.2, 0) is 0 Å². The fraction of sp³-hybridized carbons (Fsp3) is 0.667. The van der Waals surface area contributed by atoms with Crippen LogP contribution in [0.3, 0.4) is 0 Å². The normalized spacial score (nSPS) is 16.4. The topological polar surface area (TPSA) is 0 Å². The smallest absolute Gasteiger partial charge is 0.0931 e. The van der Waals surface area contributed by atoms with Gasteiger partial charge in [-0.2, -0.15) is 0 Å². The third-order valence-electron chi connectivity index (χ3n) is 2.94. The van der Waals surface area contributed by atoms with E-state index >= 15 is 0 Å². The molecule has 0 fully saturated rings. The van der Waals surface area contributed by atoms with Crippen LogP contribution in [0.15, 0.2) is 12.1 Å². The summed E-state index contributed by atoms with van der Waals surface area (Å²) in [6.45, 7) is 9.18. The first-order valence-electron chi connectivity index (χ1n) is 5.20. The summed E-state index contributed by atoms with van der Waals surface area (Å²) in [5, 5.41) is 0. The number of thiophene rings is 1. The molecule has 0 aliphatic heterocycles. The predicted octanol–water partition coefficient (Wildman–Crippen LogP) is 5.91. The SMILES string of the molecule is CC(CC(Br)c1ccc(Cl)s1)C(C)(C)C. The van der Waals surface area contributed by atoms with Gasteiger partial charge in [0.2, 0.25) is 0 Å². The van der Waals surface area contributed by atoms with Gasteiger partial charge in [-0.05, 0) is 29.9 Å². The molecule has 1 heterocycles. The van der Waals surface area contributed by atoms with Crippen molar-refractivity contribution >= 4 is 38.9 Å². The zero-order valence-corrected chi connectivity index (χ0v) is 12.8. The van der Waals surface area contributed by atoms with Crippen molar-refractivity contribution in [2.75, 3.05) is 0 Å². The lowest BCUT2D eigenvalue weighted by Gasteiger charge is -2.28. The van der Waals surface area contributed by atoms with E-state index < -0.39 is 0 Å². The quantitative estimate of drug-likeness (QED) is 0.609. The predicted molar refractivity (Wildman–Crippen MR) is 74.2 cm³/mol. The molecule has 0 amide bonds. The molecule has 2 unspecified atom stereocenters. The summed E-state index contributed by atoms with van der Waals surface area (Å²) in [5.41, 5.74) is 0.368. The maximum atomic E-state index is 5.93. The maximum Gasteiger partial charge on any atom is 0.0931 e. The standard InChI is InChI=1S/C12H18BrClS/c1-8(12(2,3)4)7-9(13)10-5-6-11(14)15-10/h5-6,8-9H,7H2,1-4H3. The molecule has 0 N–H and O–H groups in total. The molecule has 0 saturated heterocycles. The zero-order valence-electron chi connectivity index (χ0n) is 9.68. The fourth-order valence-electron chi connectivity index (χ4n) is 1.28. The van der Waals surface area contributed by atoms with Gasteiger partial charge in [0.05, 0.1) is 4.34 Å². The van der Waals surface area contributed by atoms with Crippen LogP contribution >= 0.6 is 38.9 Å². The molecule has 0 aromatic carbocycles. The number of alkyl halides is 1. The van der Waals surface area contributed by atoms with E-state index in [-0.39, 0.29) is 0 Å².